The SMILES string of the molecule is CC(=CC=CC(O)C(C)O)C(O)C(C)C(=O)OC1CC(C)CC2C=CC(C)C(C)(C(=O)C(O)CO)C21. The Labute approximate surface area is 214 Å². The third kappa shape index (κ3) is 6.53. The van der Waals surface area contributed by atoms with E-state index in [9.17, 15) is 35.1 Å². The van der Waals surface area contributed by atoms with Crippen LogP contribution >= 0.6 is 0 Å². The average molecular weight is 509 g/mol. The Morgan fingerprint density at radius 3 is 2.33 bits per heavy atom. The molecule has 2 aliphatic rings. The van der Waals surface area contributed by atoms with Crippen molar-refractivity contribution in [1.82, 2.24) is 0 Å². The highest BCUT2D eigenvalue weighted by Gasteiger charge is 2.56. The summed E-state index contributed by atoms with van der Waals surface area (Å²) in [5.41, 5.74) is -0.538. The van der Waals surface area contributed by atoms with Crippen molar-refractivity contribution in [2.24, 2.45) is 35.0 Å². The van der Waals surface area contributed by atoms with E-state index in [0.717, 1.165) is 6.42 Å². The molecule has 0 aromatic carbocycles. The molecule has 0 heterocycles. The fourth-order valence-electron chi connectivity index (χ4n) is 5.68. The molecule has 204 valence electrons. The number of esters is 1. The molecule has 0 aromatic heterocycles. The van der Waals surface area contributed by atoms with E-state index in [4.69, 9.17) is 4.74 Å². The summed E-state index contributed by atoms with van der Waals surface area (Å²) < 4.78 is 6.00. The monoisotopic (exact) mass is 508 g/mol. The van der Waals surface area contributed by atoms with Gasteiger partial charge in [-0.2, -0.15) is 0 Å². The van der Waals surface area contributed by atoms with Gasteiger partial charge in [-0.15, -0.1) is 0 Å². The van der Waals surface area contributed by atoms with E-state index >= 15 is 0 Å². The lowest BCUT2D eigenvalue weighted by Gasteiger charge is -2.52. The number of ketones is 1. The van der Waals surface area contributed by atoms with Gasteiger partial charge in [0.1, 0.15) is 12.2 Å². The largest absolute Gasteiger partial charge is 0.462 e. The van der Waals surface area contributed by atoms with Gasteiger partial charge in [-0.25, -0.2) is 0 Å². The minimum Gasteiger partial charge on any atom is -0.462 e. The average Bonchev–Trinajstić information content (AvgIpc) is 2.83. The smallest absolute Gasteiger partial charge is 0.311 e. The Balaban J connectivity index is 2.25. The summed E-state index contributed by atoms with van der Waals surface area (Å²) in [7, 11) is 0. The van der Waals surface area contributed by atoms with Gasteiger partial charge in [0.2, 0.25) is 0 Å². The van der Waals surface area contributed by atoms with Crippen molar-refractivity contribution in [1.29, 1.82) is 0 Å². The summed E-state index contributed by atoms with van der Waals surface area (Å²) in [6, 6.07) is 0. The van der Waals surface area contributed by atoms with Crippen molar-refractivity contribution in [3.05, 3.63) is 36.0 Å². The number of aliphatic hydroxyl groups excluding tert-OH is 5. The Kier molecular flexibility index (Phi) is 10.6. The molecular formula is C28H44O8. The lowest BCUT2D eigenvalue weighted by atomic mass is 9.52. The molecule has 0 aromatic rings. The van der Waals surface area contributed by atoms with Crippen LogP contribution in [0.15, 0.2) is 36.0 Å². The summed E-state index contributed by atoms with van der Waals surface area (Å²) in [6.45, 7) is 9.79. The van der Waals surface area contributed by atoms with Crippen molar-refractivity contribution in [2.75, 3.05) is 6.61 Å². The van der Waals surface area contributed by atoms with Crippen molar-refractivity contribution in [3.63, 3.8) is 0 Å². The summed E-state index contributed by atoms with van der Waals surface area (Å²) >= 11 is 0. The predicted octanol–water partition coefficient (Wildman–Crippen LogP) is 1.94. The zero-order valence-electron chi connectivity index (χ0n) is 22.2. The Morgan fingerprint density at radius 1 is 1.11 bits per heavy atom. The van der Waals surface area contributed by atoms with Gasteiger partial charge in [0, 0.05) is 11.3 Å². The number of ether oxygens (including phenoxy) is 1. The number of Topliss-reactive ketones (excluding diaryl/α,β-unsaturated/α-hetero) is 1. The first-order valence-corrected chi connectivity index (χ1v) is 12.9. The van der Waals surface area contributed by atoms with Gasteiger partial charge in [0.05, 0.1) is 30.8 Å². The van der Waals surface area contributed by atoms with Gasteiger partial charge in [-0.1, -0.05) is 51.2 Å². The minimum absolute atomic E-state index is 0.0186. The van der Waals surface area contributed by atoms with Crippen LogP contribution in [0.25, 0.3) is 0 Å². The van der Waals surface area contributed by atoms with E-state index in [2.05, 4.69) is 13.0 Å². The third-order valence-electron chi connectivity index (χ3n) is 8.20. The highest BCUT2D eigenvalue weighted by atomic mass is 16.5. The normalized spacial score (nSPS) is 35.0. The van der Waals surface area contributed by atoms with Gasteiger partial charge in [0.25, 0.3) is 0 Å². The molecule has 36 heavy (non-hydrogen) atoms. The molecule has 11 atom stereocenters. The molecule has 0 saturated heterocycles. The first-order chi connectivity index (χ1) is 16.7. The summed E-state index contributed by atoms with van der Waals surface area (Å²) in [4.78, 5) is 26.4. The van der Waals surface area contributed by atoms with Crippen LogP contribution in [0, 0.1) is 35.0 Å². The van der Waals surface area contributed by atoms with Gasteiger partial charge in [-0.3, -0.25) is 9.59 Å². The van der Waals surface area contributed by atoms with Crippen molar-refractivity contribution in [2.45, 2.75) is 84.9 Å². The standard InChI is InChI=1S/C28H44O8/c1-15-12-20-11-10-17(3)28(6,26(34)22(32)14-29)24(20)23(13-15)36-27(35)18(4)25(33)16(2)8-7-9-21(31)19(5)30/h7-11,15,17-25,29-33H,12-14H2,1-6H3. The van der Waals surface area contributed by atoms with Crippen LogP contribution in [-0.4, -0.2) is 74.4 Å². The number of carbonyl (C=O) groups is 2. The van der Waals surface area contributed by atoms with E-state index in [1.807, 2.05) is 13.0 Å². The fraction of sp³-hybridized carbons (Fsp3) is 0.714. The maximum atomic E-state index is 13.3. The highest BCUT2D eigenvalue weighted by molar-refractivity contribution is 5.89. The summed E-state index contributed by atoms with van der Waals surface area (Å²) in [5, 5.41) is 49.4. The molecule has 0 spiro atoms. The number of rotatable bonds is 10. The Bertz CT molecular complexity index is 862. The van der Waals surface area contributed by atoms with Gasteiger partial charge < -0.3 is 30.3 Å². The molecule has 0 amide bonds. The molecule has 0 aliphatic heterocycles. The predicted molar refractivity (Wildman–Crippen MR) is 136 cm³/mol. The zero-order valence-corrected chi connectivity index (χ0v) is 22.2. The number of allylic oxidation sites excluding steroid dienone is 4. The first-order valence-electron chi connectivity index (χ1n) is 12.9. The Morgan fingerprint density at radius 2 is 1.75 bits per heavy atom. The second kappa shape index (κ2) is 12.6. The second-order valence-electron chi connectivity index (χ2n) is 11.0. The minimum atomic E-state index is -1.51. The van der Waals surface area contributed by atoms with Gasteiger partial charge in [-0.05, 0) is 56.9 Å². The van der Waals surface area contributed by atoms with Crippen LogP contribution in [0.1, 0.15) is 54.4 Å². The molecule has 8 heteroatoms. The molecular weight excluding hydrogens is 464 g/mol. The van der Waals surface area contributed by atoms with E-state index in [1.54, 1.807) is 26.8 Å². The van der Waals surface area contributed by atoms with Crippen LogP contribution in [0.4, 0.5) is 0 Å². The van der Waals surface area contributed by atoms with Crippen molar-refractivity contribution < 1.29 is 39.9 Å². The molecule has 0 bridgehead atoms. The zero-order chi connectivity index (χ0) is 27.4. The highest BCUT2D eigenvalue weighted by Crippen LogP contribution is 2.53. The number of carbonyl (C=O) groups excluding carboxylic acids is 2. The van der Waals surface area contributed by atoms with E-state index < -0.39 is 60.2 Å². The van der Waals surface area contributed by atoms with E-state index in [0.29, 0.717) is 12.0 Å². The van der Waals surface area contributed by atoms with Gasteiger partial charge >= 0.3 is 5.97 Å². The van der Waals surface area contributed by atoms with Crippen LogP contribution in [-0.2, 0) is 14.3 Å². The number of hydrogen-bond acceptors (Lipinski definition) is 8. The molecule has 1 fully saturated rings. The molecule has 0 radical (unpaired) electrons. The number of fused-ring (bicyclic) bond motifs is 1. The van der Waals surface area contributed by atoms with Crippen LogP contribution in [0.3, 0.4) is 0 Å². The molecule has 5 N–H and O–H groups in total. The number of aliphatic hydroxyl groups is 5. The van der Waals surface area contributed by atoms with Crippen molar-refractivity contribution in [3.8, 4) is 0 Å². The third-order valence-corrected chi connectivity index (χ3v) is 8.20. The number of hydrogen-bond donors (Lipinski definition) is 5. The molecule has 2 rings (SSSR count). The van der Waals surface area contributed by atoms with E-state index in [-0.39, 0.29) is 23.7 Å². The summed E-state index contributed by atoms with van der Waals surface area (Å²) in [6.07, 6.45) is 4.72. The first kappa shape index (κ1) is 30.4. The quantitative estimate of drug-likeness (QED) is 0.171. The van der Waals surface area contributed by atoms with Crippen molar-refractivity contribution >= 4 is 11.8 Å². The molecule has 11 unspecified atom stereocenters. The van der Waals surface area contributed by atoms with Crippen LogP contribution < -0.4 is 0 Å². The molecule has 1 saturated carbocycles. The lowest BCUT2D eigenvalue weighted by molar-refractivity contribution is -0.176. The molecule has 8 nitrogen and oxygen atoms in total. The second-order valence-corrected chi connectivity index (χ2v) is 11.0. The lowest BCUT2D eigenvalue weighted by Crippen LogP contribution is -2.57. The maximum absolute atomic E-state index is 13.3. The fourth-order valence-corrected chi connectivity index (χ4v) is 5.68. The van der Waals surface area contributed by atoms with Crippen LogP contribution in [0.5, 0.6) is 0 Å². The topological polar surface area (TPSA) is 145 Å². The Hall–Kier alpha value is -1.84. The molecule has 2 aliphatic carbocycles. The van der Waals surface area contributed by atoms with Crippen LogP contribution in [0.2, 0.25) is 0 Å². The van der Waals surface area contributed by atoms with Gasteiger partial charge in [0.15, 0.2) is 5.78 Å². The maximum Gasteiger partial charge on any atom is 0.311 e. The summed E-state index contributed by atoms with van der Waals surface area (Å²) in [5.74, 6) is -2.28. The van der Waals surface area contributed by atoms with E-state index in [1.165, 1.54) is 19.1 Å².